The molecule has 0 radical (unpaired) electrons. The Morgan fingerprint density at radius 3 is 2.52 bits per heavy atom. The van der Waals surface area contributed by atoms with Crippen molar-refractivity contribution in [3.8, 4) is 11.1 Å². The summed E-state index contributed by atoms with van der Waals surface area (Å²) in [6, 6.07) is 2.73. The molecular weight excluding hydrogens is 602 g/mol. The van der Waals surface area contributed by atoms with E-state index >= 15 is 0 Å². The van der Waals surface area contributed by atoms with Gasteiger partial charge in [-0.05, 0) is 85.3 Å². The molecule has 3 aliphatic heterocycles. The second kappa shape index (κ2) is 12.7. The molecule has 1 saturated carbocycles. The molecule has 0 bridgehead atoms. The molecule has 1 aliphatic carbocycles. The van der Waals surface area contributed by atoms with Gasteiger partial charge in [0, 0.05) is 73.0 Å². The third-order valence-corrected chi connectivity index (χ3v) is 10.5. The van der Waals surface area contributed by atoms with Crippen LogP contribution in [-0.2, 0) is 9.47 Å². The Balaban J connectivity index is 0.00000182. The number of piperazine rings is 1. The third kappa shape index (κ3) is 5.90. The monoisotopic (exact) mass is 653 g/mol. The Bertz CT molecular complexity index is 1570. The number of carbonyl (C=O) groups excluding carboxylic acids is 1. The van der Waals surface area contributed by atoms with E-state index < -0.39 is 5.60 Å². The molecule has 3 saturated heterocycles. The van der Waals surface area contributed by atoms with E-state index in [2.05, 4.69) is 46.4 Å². The normalized spacial score (nSPS) is 23.2. The average Bonchev–Trinajstić information content (AvgIpc) is 3.54. The maximum atomic E-state index is 12.6. The topological polar surface area (TPSA) is 89.7 Å². The van der Waals surface area contributed by atoms with Crippen LogP contribution in [0.15, 0.2) is 12.3 Å². The van der Waals surface area contributed by atoms with Crippen molar-refractivity contribution in [3.05, 3.63) is 28.5 Å². The first-order chi connectivity index (χ1) is 21.9. The van der Waals surface area contributed by atoms with E-state index in [0.717, 1.165) is 116 Å². The highest BCUT2D eigenvalue weighted by Gasteiger charge is 2.55. The molecule has 2 unspecified atom stereocenters. The molecule has 252 valence electrons. The molecule has 3 aromatic rings. The van der Waals surface area contributed by atoms with Gasteiger partial charge < -0.3 is 24.6 Å². The van der Waals surface area contributed by atoms with Gasteiger partial charge in [-0.25, -0.2) is 9.48 Å². The fourth-order valence-corrected chi connectivity index (χ4v) is 8.03. The molecule has 10 nitrogen and oxygen atoms in total. The average molecular weight is 654 g/mol. The number of nitrogens with zero attached hydrogens (tertiary/aromatic N) is 6. The van der Waals surface area contributed by atoms with Crippen molar-refractivity contribution in [3.63, 3.8) is 0 Å². The predicted molar refractivity (Wildman–Crippen MR) is 184 cm³/mol. The number of halogens is 1. The van der Waals surface area contributed by atoms with Crippen LogP contribution < -0.4 is 10.2 Å². The van der Waals surface area contributed by atoms with E-state index in [9.17, 15) is 4.79 Å². The summed E-state index contributed by atoms with van der Waals surface area (Å²) >= 11 is 7.24. The first-order valence-electron chi connectivity index (χ1n) is 17.3. The number of anilines is 1. The van der Waals surface area contributed by atoms with Gasteiger partial charge in [0.2, 0.25) is 0 Å². The van der Waals surface area contributed by atoms with Crippen molar-refractivity contribution in [1.29, 1.82) is 0 Å². The molecule has 11 heteroatoms. The highest BCUT2D eigenvalue weighted by molar-refractivity contribution is 6.36. The minimum absolute atomic E-state index is 0.0555. The number of likely N-dealkylation sites (tertiary alicyclic amines) is 1. The van der Waals surface area contributed by atoms with Crippen LogP contribution in [-0.4, -0.2) is 81.5 Å². The number of hydrogen-bond donors (Lipinski definition) is 1. The number of benzene rings is 1. The molecule has 1 N–H and O–H groups in total. The Morgan fingerprint density at radius 2 is 1.87 bits per heavy atom. The molecule has 2 aromatic heterocycles. The van der Waals surface area contributed by atoms with Crippen molar-refractivity contribution in [2.75, 3.05) is 44.2 Å². The van der Waals surface area contributed by atoms with Gasteiger partial charge in [-0.2, -0.15) is 10.2 Å². The largest absolute Gasteiger partial charge is 0.444 e. The summed E-state index contributed by atoms with van der Waals surface area (Å²) < 4.78 is 16.1. The molecular formula is C35H52ClN7O3. The van der Waals surface area contributed by atoms with Gasteiger partial charge in [-0.1, -0.05) is 25.4 Å². The molecule has 7 rings (SSSR count). The summed E-state index contributed by atoms with van der Waals surface area (Å²) in [5.41, 5.74) is 5.00. The maximum Gasteiger partial charge on any atom is 0.410 e. The molecule has 2 atom stereocenters. The van der Waals surface area contributed by atoms with Gasteiger partial charge in [0.05, 0.1) is 22.8 Å². The van der Waals surface area contributed by atoms with Gasteiger partial charge in [0.25, 0.3) is 0 Å². The molecule has 1 aromatic carbocycles. The zero-order valence-corrected chi connectivity index (χ0v) is 29.7. The smallest absolute Gasteiger partial charge is 0.410 e. The molecule has 1 amide bonds. The summed E-state index contributed by atoms with van der Waals surface area (Å²) in [4.78, 5) is 16.9. The second-order valence-corrected chi connectivity index (χ2v) is 15.0. The van der Waals surface area contributed by atoms with E-state index in [0.29, 0.717) is 6.04 Å². The number of aromatic nitrogens is 4. The van der Waals surface area contributed by atoms with Crippen LogP contribution in [0.5, 0.6) is 0 Å². The number of hydrogen-bond acceptors (Lipinski definition) is 7. The van der Waals surface area contributed by atoms with Crippen LogP contribution >= 0.6 is 11.6 Å². The van der Waals surface area contributed by atoms with Crippen LogP contribution in [0.25, 0.3) is 22.0 Å². The van der Waals surface area contributed by atoms with Crippen LogP contribution in [0.4, 0.5) is 10.6 Å². The Morgan fingerprint density at radius 1 is 1.13 bits per heavy atom. The Hall–Kier alpha value is -2.82. The fraction of sp³-hybridized carbons (Fsp3) is 0.686. The number of ether oxygens (including phenoxy) is 2. The van der Waals surface area contributed by atoms with Crippen molar-refractivity contribution < 1.29 is 14.3 Å². The number of rotatable bonds is 4. The fourth-order valence-electron chi connectivity index (χ4n) is 7.78. The zero-order chi connectivity index (χ0) is 33.0. The van der Waals surface area contributed by atoms with Crippen LogP contribution in [0, 0.1) is 19.3 Å². The van der Waals surface area contributed by atoms with E-state index in [1.54, 1.807) is 0 Å². The van der Waals surface area contributed by atoms with E-state index in [1.165, 1.54) is 0 Å². The maximum absolute atomic E-state index is 12.6. The number of fused-ring (bicyclic) bond motifs is 1. The number of carbonyl (C=O) groups is 1. The van der Waals surface area contributed by atoms with Gasteiger partial charge in [0.1, 0.15) is 5.60 Å². The lowest BCUT2D eigenvalue weighted by molar-refractivity contribution is -0.0930. The predicted octanol–water partition coefficient (Wildman–Crippen LogP) is 7.27. The van der Waals surface area contributed by atoms with E-state index in [1.807, 2.05) is 45.7 Å². The van der Waals surface area contributed by atoms with E-state index in [-0.39, 0.29) is 23.8 Å². The van der Waals surface area contributed by atoms with Crippen molar-refractivity contribution in [2.45, 2.75) is 111 Å². The lowest BCUT2D eigenvalue weighted by atomic mass is 9.61. The van der Waals surface area contributed by atoms with Gasteiger partial charge in [-0.15, -0.1) is 0 Å². The molecule has 5 heterocycles. The summed E-state index contributed by atoms with van der Waals surface area (Å²) in [5.74, 6) is 0.997. The van der Waals surface area contributed by atoms with Crippen LogP contribution in [0.2, 0.25) is 5.02 Å². The lowest BCUT2D eigenvalue weighted by Crippen LogP contribution is -2.64. The summed E-state index contributed by atoms with van der Waals surface area (Å²) in [6.45, 7) is 21.2. The Labute approximate surface area is 278 Å². The summed E-state index contributed by atoms with van der Waals surface area (Å²) in [5, 5.41) is 15.6. The number of nitrogens with one attached hydrogen (secondary N) is 1. The van der Waals surface area contributed by atoms with Gasteiger partial charge in [0.15, 0.2) is 12.0 Å². The molecule has 4 aliphatic rings. The second-order valence-electron chi connectivity index (χ2n) is 14.6. The van der Waals surface area contributed by atoms with Gasteiger partial charge >= 0.3 is 6.09 Å². The third-order valence-electron chi connectivity index (χ3n) is 9.99. The number of aryl methyl sites for hydroxylation is 1. The SMILES string of the molecule is CC.Cc1cc2c(cnn2C2CCCCO2)c(-c2c(N3CCNCC3C)nn(C3CC4(C3)CN(C(=O)OC(C)(C)C)C4)c2C)c1Cl. The molecule has 1 spiro atoms. The minimum Gasteiger partial charge on any atom is -0.444 e. The summed E-state index contributed by atoms with van der Waals surface area (Å²) in [7, 11) is 0. The molecule has 4 fully saturated rings. The van der Waals surface area contributed by atoms with Crippen LogP contribution in [0.1, 0.15) is 97.2 Å². The van der Waals surface area contributed by atoms with Crippen molar-refractivity contribution >= 4 is 34.4 Å². The van der Waals surface area contributed by atoms with E-state index in [4.69, 9.17) is 31.3 Å². The van der Waals surface area contributed by atoms with Crippen molar-refractivity contribution in [2.24, 2.45) is 5.41 Å². The van der Waals surface area contributed by atoms with Crippen molar-refractivity contribution in [1.82, 2.24) is 29.8 Å². The highest BCUT2D eigenvalue weighted by atomic mass is 35.5. The number of amides is 1. The molecule has 46 heavy (non-hydrogen) atoms. The standard InChI is InChI=1S/C33H46ClN7O3.C2H6/c1-20-13-25-24(17-36-41(25)26-9-7-8-12-43-26)28(29(20)34)27-22(3)40(37-30(27)39-11-10-35-16-21(39)2)23-14-33(15-23)18-38(19-33)31(42)44-32(4,5)6;1-2/h13,17,21,23,26,35H,7-12,14-16,18-19H2,1-6H3;1-2H3. The lowest BCUT2D eigenvalue weighted by Gasteiger charge is -2.58. The first-order valence-corrected chi connectivity index (χ1v) is 17.7. The summed E-state index contributed by atoms with van der Waals surface area (Å²) in [6.07, 6.45) is 6.89. The van der Waals surface area contributed by atoms with Crippen LogP contribution in [0.3, 0.4) is 0 Å². The Kier molecular flexibility index (Phi) is 9.10. The minimum atomic E-state index is -0.482. The highest BCUT2D eigenvalue weighted by Crippen LogP contribution is 2.56. The quantitative estimate of drug-likeness (QED) is 0.317. The van der Waals surface area contributed by atoms with Gasteiger partial charge in [-0.3, -0.25) is 4.68 Å². The zero-order valence-electron chi connectivity index (χ0n) is 29.0. The first kappa shape index (κ1) is 33.1.